The second kappa shape index (κ2) is 45.5. The largest absolute Gasteiger partial charge is 0.493 e. The van der Waals surface area contributed by atoms with Gasteiger partial charge in [0.2, 0.25) is 65.0 Å². The van der Waals surface area contributed by atoms with Gasteiger partial charge in [-0.2, -0.15) is 5.26 Å². The maximum atomic E-state index is 14.2. The molecule has 8 rings (SSSR count). The van der Waals surface area contributed by atoms with Crippen LogP contribution >= 0.6 is 0 Å². The number of hydrogen-bond donors (Lipinski definition) is 22. The number of primary amides is 1. The van der Waals surface area contributed by atoms with Crippen LogP contribution in [-0.2, 0) is 65.6 Å². The number of carbonyl (C=O) groups excluding carboxylic acids is 13. The van der Waals surface area contributed by atoms with Crippen LogP contribution in [0, 0.1) is 22.1 Å². The molecule has 0 saturated carbocycles. The Hall–Kier alpha value is -15.4. The SMILES string of the molecule is COc1ccc(C[C@H](NC(=O)c2ccc(-c3ccc(NC(=O)CNC(=O)[C@H](CO)NC(=O)[C@H](CO)NC(=O)CNC(=O)c4ccc(-c5ccc(NC(=O)CNC(=O)[C@H](Cc6c7ccccc7c(C#N)c7ccccc67)NC(=O)[C@H](CCCNC(=N)N)NC(C)=O)cn5)nc4)cn3)nc2)C(=O)N[C@H](C(=O)N[C@@H](CCCNC(=N)N)C(N)=O)[C@@H](C)O)cc1OC. The highest BCUT2D eigenvalue weighted by Gasteiger charge is 2.35. The first kappa shape index (κ1) is 93.1. The minimum absolute atomic E-state index is 0.0139. The van der Waals surface area contributed by atoms with Gasteiger partial charge in [0.05, 0.1) is 116 Å². The number of guanidine groups is 2. The Morgan fingerprint density at radius 1 is 0.463 bits per heavy atom. The van der Waals surface area contributed by atoms with E-state index in [4.69, 9.17) is 37.5 Å². The van der Waals surface area contributed by atoms with Gasteiger partial charge in [-0.1, -0.05) is 54.6 Å². The number of benzene rings is 4. The number of nitrogens with zero attached hydrogens (tertiary/aromatic N) is 5. The van der Waals surface area contributed by atoms with Gasteiger partial charge in [0, 0.05) is 56.0 Å². The van der Waals surface area contributed by atoms with Gasteiger partial charge in [-0.05, 0) is 115 Å². The van der Waals surface area contributed by atoms with Crippen molar-refractivity contribution in [2.24, 2.45) is 17.2 Å². The summed E-state index contributed by atoms with van der Waals surface area (Å²) in [7, 11) is 2.83. The Kier molecular flexibility index (Phi) is 34.5. The number of rotatable bonds is 43. The molecule has 123 heavy (non-hydrogen) atoms. The molecule has 0 aliphatic rings. The predicted molar refractivity (Wildman–Crippen MR) is 446 cm³/mol. The van der Waals surface area contributed by atoms with E-state index in [1.807, 2.05) is 0 Å². The van der Waals surface area contributed by atoms with E-state index in [0.717, 1.165) is 0 Å². The van der Waals surface area contributed by atoms with Crippen molar-refractivity contribution in [2.75, 3.05) is 70.8 Å². The zero-order valence-corrected chi connectivity index (χ0v) is 67.0. The number of methoxy groups -OCH3 is 2. The third-order valence-electron chi connectivity index (χ3n) is 18.7. The lowest BCUT2D eigenvalue weighted by Gasteiger charge is -2.26. The van der Waals surface area contributed by atoms with Crippen LogP contribution < -0.4 is 101 Å². The average molecular weight is 1690 g/mol. The van der Waals surface area contributed by atoms with Crippen molar-refractivity contribution >= 4 is 122 Å². The summed E-state index contributed by atoms with van der Waals surface area (Å²) in [6.07, 6.45) is 3.82. The number of pyridine rings is 4. The van der Waals surface area contributed by atoms with Gasteiger partial charge in [0.25, 0.3) is 11.8 Å². The Labute approximate surface area is 702 Å². The van der Waals surface area contributed by atoms with Crippen LogP contribution in [0.4, 0.5) is 11.4 Å². The van der Waals surface area contributed by atoms with E-state index in [0.29, 0.717) is 61.8 Å². The highest BCUT2D eigenvalue weighted by atomic mass is 16.5. The van der Waals surface area contributed by atoms with E-state index in [1.165, 1.54) is 101 Å². The summed E-state index contributed by atoms with van der Waals surface area (Å²) in [5.41, 5.74) is 19.2. The van der Waals surface area contributed by atoms with Gasteiger partial charge in [0.15, 0.2) is 23.4 Å². The predicted octanol–water partition coefficient (Wildman–Crippen LogP) is -2.77. The van der Waals surface area contributed by atoms with Gasteiger partial charge in [-0.3, -0.25) is 93.1 Å². The molecule has 4 heterocycles. The number of nitriles is 1. The molecule has 0 unspecified atom stereocenters. The minimum Gasteiger partial charge on any atom is -0.493 e. The third kappa shape index (κ3) is 27.3. The van der Waals surface area contributed by atoms with Crippen LogP contribution in [-0.4, -0.2) is 233 Å². The fourth-order valence-corrected chi connectivity index (χ4v) is 12.5. The molecule has 0 fully saturated rings. The van der Waals surface area contributed by atoms with Crippen molar-refractivity contribution in [3.63, 3.8) is 0 Å². The van der Waals surface area contributed by atoms with E-state index in [-0.39, 0.29) is 96.7 Å². The van der Waals surface area contributed by atoms with E-state index < -0.39 is 158 Å². The van der Waals surface area contributed by atoms with Gasteiger partial charge in [0.1, 0.15) is 48.4 Å². The molecule has 0 bridgehead atoms. The van der Waals surface area contributed by atoms with Crippen LogP contribution in [0.15, 0.2) is 140 Å². The van der Waals surface area contributed by atoms with E-state index in [1.54, 1.807) is 66.7 Å². The van der Waals surface area contributed by atoms with Crippen molar-refractivity contribution in [3.05, 3.63) is 168 Å². The number of amides is 13. The smallest absolute Gasteiger partial charge is 0.253 e. The standard InChI is InChI=1S/C81H94N24O18/c1-42(108)70(79(121)101-59(71(83)113)15-9-27-88-80(84)85)105-77(119)61(29-44-17-26-65(122-3)66(30-44)123-4)102-73(115)46-19-23-56(91-34-46)58-25-21-48(36-93-58)99-68(111)38-96-75(117)63(40-106)104-78(120)64(41-107)100-69(112)39-94-72(114)45-18-22-55(90-33-45)57-24-20-47(35-92-57)98-67(110)37-95-74(116)62(103-76(118)60(97-43(2)109)16-10-28-89-81(86)87)31-53-49-11-5-7-13-51(49)54(32-82)52-14-8-6-12-50(52)53/h5-8,11-14,17-26,30,33-36,42,59-64,70,106-108H,9-10,15-16,27-29,31,37-41H2,1-4H3,(H2,83,113)(H,94,114)(H,95,116)(H,96,117)(H,97,109)(H,98,110)(H,99,111)(H,100,112)(H,101,121)(H,102,115)(H,103,118)(H,104,120)(H,105,119)(H4,84,85,88)(H4,86,87,89)/t42-,59+,60+,61+,62+,63+,64+,70+/m1/s1. The second-order valence-electron chi connectivity index (χ2n) is 27.6. The fourth-order valence-electron chi connectivity index (χ4n) is 12.5. The average Bonchev–Trinajstić information content (AvgIpc) is 0.751. The molecule has 0 radical (unpaired) electrons. The molecule has 25 N–H and O–H groups in total. The van der Waals surface area contributed by atoms with Crippen LogP contribution in [0.3, 0.4) is 0 Å². The number of anilines is 2. The molecular weight excluding hydrogens is 1600 g/mol. The molecule has 0 aliphatic heterocycles. The summed E-state index contributed by atoms with van der Waals surface area (Å²) >= 11 is 0. The molecule has 4 aromatic heterocycles. The first-order valence-electron chi connectivity index (χ1n) is 38.2. The molecule has 4 aromatic carbocycles. The van der Waals surface area contributed by atoms with Crippen LogP contribution in [0.1, 0.15) is 76.9 Å². The first-order chi connectivity index (χ1) is 58.9. The van der Waals surface area contributed by atoms with Crippen LogP contribution in [0.5, 0.6) is 11.5 Å². The number of nitrogens with one attached hydrogen (secondary N) is 16. The Morgan fingerprint density at radius 3 is 1.37 bits per heavy atom. The van der Waals surface area contributed by atoms with E-state index in [9.17, 15) is 82.9 Å². The third-order valence-corrected chi connectivity index (χ3v) is 18.7. The highest BCUT2D eigenvalue weighted by molar-refractivity contribution is 6.09. The molecule has 8 aromatic rings. The summed E-state index contributed by atoms with van der Waals surface area (Å²) in [6.45, 7) is -1.11. The quantitative estimate of drug-likeness (QED) is 0.00796. The summed E-state index contributed by atoms with van der Waals surface area (Å²) < 4.78 is 10.8. The molecule has 42 heteroatoms. The van der Waals surface area contributed by atoms with Crippen LogP contribution in [0.2, 0.25) is 0 Å². The van der Waals surface area contributed by atoms with Crippen molar-refractivity contribution in [3.8, 4) is 40.3 Å². The summed E-state index contributed by atoms with van der Waals surface area (Å²) in [4.78, 5) is 190. The zero-order valence-electron chi connectivity index (χ0n) is 67.0. The minimum atomic E-state index is -1.70. The van der Waals surface area contributed by atoms with Gasteiger partial charge < -0.3 is 116 Å². The maximum absolute atomic E-state index is 14.2. The molecule has 13 amide bonds. The monoisotopic (exact) mass is 1690 g/mol. The lowest BCUT2D eigenvalue weighted by Crippen LogP contribution is -2.59. The Balaban J connectivity index is 0.780. The number of nitrogens with two attached hydrogens (primary N) is 3. The lowest BCUT2D eigenvalue weighted by molar-refractivity contribution is -0.134. The van der Waals surface area contributed by atoms with E-state index in [2.05, 4.69) is 100 Å². The number of hydrogen-bond acceptors (Lipinski definition) is 25. The summed E-state index contributed by atoms with van der Waals surface area (Å²) in [5.74, 6) is -10.8. The van der Waals surface area contributed by atoms with Gasteiger partial charge in [-0.25, -0.2) is 0 Å². The van der Waals surface area contributed by atoms with Gasteiger partial charge in [-0.15, -0.1) is 0 Å². The number of aliphatic hydroxyl groups excluding tert-OH is 3. The number of aromatic nitrogens is 4. The fraction of sp³-hybridized carbons (Fsp3) is 0.309. The maximum Gasteiger partial charge on any atom is 0.253 e. The number of ether oxygens (including phenoxy) is 2. The van der Waals surface area contributed by atoms with Crippen molar-refractivity contribution in [1.82, 2.24) is 83.7 Å². The highest BCUT2D eigenvalue weighted by Crippen LogP contribution is 2.34. The first-order valence-corrected chi connectivity index (χ1v) is 38.2. The molecule has 646 valence electrons. The zero-order chi connectivity index (χ0) is 89.4. The Bertz CT molecular complexity index is 5190. The molecule has 8 atom stereocenters. The lowest BCUT2D eigenvalue weighted by atomic mass is 9.89. The van der Waals surface area contributed by atoms with E-state index >= 15 is 0 Å². The molecule has 0 spiro atoms. The van der Waals surface area contributed by atoms with Crippen molar-refractivity contribution in [1.29, 1.82) is 16.1 Å². The van der Waals surface area contributed by atoms with Crippen molar-refractivity contribution < 1.29 is 87.1 Å². The number of carbonyl (C=O) groups is 13. The van der Waals surface area contributed by atoms with Crippen molar-refractivity contribution in [2.45, 2.75) is 101 Å². The molecule has 0 saturated heterocycles. The Morgan fingerprint density at radius 2 is 0.911 bits per heavy atom. The topological polar surface area (TPSA) is 671 Å². The number of fused-ring (bicyclic) bond motifs is 2. The number of aliphatic hydroxyl groups is 3. The normalized spacial score (nSPS) is 12.8. The molecule has 0 aliphatic carbocycles. The summed E-state index contributed by atoms with van der Waals surface area (Å²) in [6, 6.07) is 22.8. The molecule has 42 nitrogen and oxygen atoms in total. The summed E-state index contributed by atoms with van der Waals surface area (Å²) in [5, 5.41) is 93.2. The molecular formula is C81H94N24O18. The second-order valence-corrected chi connectivity index (χ2v) is 27.6. The van der Waals surface area contributed by atoms with Gasteiger partial charge >= 0.3 is 0 Å². The van der Waals surface area contributed by atoms with Crippen LogP contribution in [0.25, 0.3) is 44.3 Å².